The highest BCUT2D eigenvalue weighted by Gasteiger charge is 2.32. The summed E-state index contributed by atoms with van der Waals surface area (Å²) in [6.45, 7) is 8.28. The normalized spacial score (nSPS) is 21.6. The molecular weight excluding hydrogens is 300 g/mol. The molecule has 3 heteroatoms. The zero-order chi connectivity index (χ0) is 14.3. The van der Waals surface area contributed by atoms with Crippen LogP contribution in [0.2, 0.25) is 0 Å². The molecular formula is C16H33BrN2. The Hall–Kier alpha value is 0.400. The minimum absolute atomic E-state index is 0.521. The van der Waals surface area contributed by atoms with Crippen molar-refractivity contribution in [1.29, 1.82) is 0 Å². The molecule has 1 aliphatic carbocycles. The Morgan fingerprint density at radius 2 is 1.68 bits per heavy atom. The van der Waals surface area contributed by atoms with Gasteiger partial charge in [0, 0.05) is 24.5 Å². The summed E-state index contributed by atoms with van der Waals surface area (Å²) >= 11 is 3.82. The molecule has 0 heterocycles. The molecule has 1 atom stereocenters. The lowest BCUT2D eigenvalue weighted by Gasteiger charge is -2.40. The first-order valence-electron chi connectivity index (χ1n) is 7.98. The summed E-state index contributed by atoms with van der Waals surface area (Å²) in [5.41, 5.74) is 0.521. The third-order valence-corrected chi connectivity index (χ3v) is 5.83. The summed E-state index contributed by atoms with van der Waals surface area (Å²) in [7, 11) is 4.35. The Kier molecular flexibility index (Phi) is 7.93. The van der Waals surface area contributed by atoms with E-state index in [1.165, 1.54) is 56.9 Å². The van der Waals surface area contributed by atoms with Crippen molar-refractivity contribution in [2.75, 3.05) is 39.1 Å². The van der Waals surface area contributed by atoms with Crippen LogP contribution in [0.3, 0.4) is 0 Å². The van der Waals surface area contributed by atoms with Crippen molar-refractivity contribution in [3.05, 3.63) is 0 Å². The van der Waals surface area contributed by atoms with E-state index in [2.05, 4.69) is 53.7 Å². The molecule has 1 fully saturated rings. The highest BCUT2D eigenvalue weighted by molar-refractivity contribution is 9.09. The summed E-state index contributed by atoms with van der Waals surface area (Å²) in [4.78, 5) is 4.99. The molecule has 1 saturated carbocycles. The van der Waals surface area contributed by atoms with Crippen LogP contribution in [0.25, 0.3) is 0 Å². The van der Waals surface area contributed by atoms with E-state index < -0.39 is 0 Å². The second-order valence-electron chi connectivity index (χ2n) is 6.72. The quantitative estimate of drug-likeness (QED) is 0.513. The van der Waals surface area contributed by atoms with Gasteiger partial charge in [0.15, 0.2) is 0 Å². The average Bonchev–Trinajstić information content (AvgIpc) is 2.61. The predicted molar refractivity (Wildman–Crippen MR) is 89.2 cm³/mol. The molecule has 2 nitrogen and oxygen atoms in total. The maximum Gasteiger partial charge on any atom is 0.0194 e. The molecule has 0 aromatic carbocycles. The van der Waals surface area contributed by atoms with Crippen LogP contribution in [0, 0.1) is 5.41 Å². The van der Waals surface area contributed by atoms with Crippen molar-refractivity contribution in [3.63, 3.8) is 0 Å². The molecule has 0 aromatic heterocycles. The van der Waals surface area contributed by atoms with E-state index in [1.807, 2.05) is 0 Å². The van der Waals surface area contributed by atoms with E-state index in [0.29, 0.717) is 11.5 Å². The van der Waals surface area contributed by atoms with Crippen LogP contribution < -0.4 is 0 Å². The molecule has 0 radical (unpaired) electrons. The fourth-order valence-corrected chi connectivity index (χ4v) is 4.20. The minimum atomic E-state index is 0.521. The maximum absolute atomic E-state index is 3.82. The van der Waals surface area contributed by atoms with Crippen molar-refractivity contribution in [2.45, 2.75) is 58.4 Å². The van der Waals surface area contributed by atoms with Crippen LogP contribution in [0.5, 0.6) is 0 Å². The summed E-state index contributed by atoms with van der Waals surface area (Å²) in [5.74, 6) is 0. The van der Waals surface area contributed by atoms with E-state index in [1.54, 1.807) is 0 Å². The van der Waals surface area contributed by atoms with Crippen molar-refractivity contribution in [1.82, 2.24) is 9.80 Å². The number of rotatable bonds is 7. The number of alkyl halides is 1. The Labute approximate surface area is 129 Å². The van der Waals surface area contributed by atoms with Gasteiger partial charge in [-0.25, -0.2) is 0 Å². The molecule has 0 aliphatic heterocycles. The molecule has 0 spiro atoms. The van der Waals surface area contributed by atoms with Crippen LogP contribution in [0.15, 0.2) is 0 Å². The van der Waals surface area contributed by atoms with Crippen molar-refractivity contribution in [3.8, 4) is 0 Å². The maximum atomic E-state index is 3.82. The zero-order valence-corrected chi connectivity index (χ0v) is 15.0. The average molecular weight is 333 g/mol. The molecule has 0 aromatic rings. The van der Waals surface area contributed by atoms with Gasteiger partial charge in [-0.05, 0) is 45.8 Å². The third-order valence-electron chi connectivity index (χ3n) is 4.65. The van der Waals surface area contributed by atoms with Crippen molar-refractivity contribution in [2.24, 2.45) is 5.41 Å². The lowest BCUT2D eigenvalue weighted by Crippen LogP contribution is -2.46. The van der Waals surface area contributed by atoms with Gasteiger partial charge < -0.3 is 4.90 Å². The van der Waals surface area contributed by atoms with Crippen LogP contribution in [0.4, 0.5) is 0 Å². The van der Waals surface area contributed by atoms with Gasteiger partial charge in [0.1, 0.15) is 0 Å². The molecule has 1 unspecified atom stereocenters. The van der Waals surface area contributed by atoms with Crippen LogP contribution in [-0.2, 0) is 0 Å². The number of hydrogen-bond acceptors (Lipinski definition) is 2. The monoisotopic (exact) mass is 332 g/mol. The van der Waals surface area contributed by atoms with Gasteiger partial charge in [0.2, 0.25) is 0 Å². The SMILES string of the molecule is CCN(CC1(CBr)CCCCCC1)C(C)CN(C)C. The molecule has 0 amide bonds. The summed E-state index contributed by atoms with van der Waals surface area (Å²) in [5, 5.41) is 1.17. The Morgan fingerprint density at radius 1 is 1.11 bits per heavy atom. The van der Waals surface area contributed by atoms with E-state index >= 15 is 0 Å². The second kappa shape index (κ2) is 8.63. The Balaban J connectivity index is 2.64. The summed E-state index contributed by atoms with van der Waals surface area (Å²) < 4.78 is 0. The zero-order valence-electron chi connectivity index (χ0n) is 13.4. The van der Waals surface area contributed by atoms with Crippen molar-refractivity contribution < 1.29 is 0 Å². The molecule has 19 heavy (non-hydrogen) atoms. The molecule has 0 bridgehead atoms. The summed E-state index contributed by atoms with van der Waals surface area (Å²) in [6, 6.07) is 0.652. The Morgan fingerprint density at radius 3 is 2.11 bits per heavy atom. The lowest BCUT2D eigenvalue weighted by molar-refractivity contribution is 0.107. The fraction of sp³-hybridized carbons (Fsp3) is 1.00. The van der Waals surface area contributed by atoms with Gasteiger partial charge in [-0.2, -0.15) is 0 Å². The number of likely N-dealkylation sites (N-methyl/N-ethyl adjacent to an activating group) is 2. The number of nitrogens with zero attached hydrogens (tertiary/aromatic N) is 2. The van der Waals surface area contributed by atoms with Crippen LogP contribution in [-0.4, -0.2) is 54.9 Å². The lowest BCUT2D eigenvalue weighted by atomic mass is 9.81. The van der Waals surface area contributed by atoms with Gasteiger partial charge >= 0.3 is 0 Å². The smallest absolute Gasteiger partial charge is 0.0194 e. The largest absolute Gasteiger partial charge is 0.308 e. The number of hydrogen-bond donors (Lipinski definition) is 0. The predicted octanol–water partition coefficient (Wildman–Crippen LogP) is 3.99. The van der Waals surface area contributed by atoms with Gasteiger partial charge in [-0.1, -0.05) is 48.5 Å². The molecule has 0 saturated heterocycles. The van der Waals surface area contributed by atoms with Gasteiger partial charge in [0.05, 0.1) is 0 Å². The first-order valence-corrected chi connectivity index (χ1v) is 9.10. The standard InChI is InChI=1S/C16H33BrN2/c1-5-19(15(2)12-18(3)4)14-16(13-17)10-8-6-7-9-11-16/h15H,5-14H2,1-4H3. The summed E-state index contributed by atoms with van der Waals surface area (Å²) in [6.07, 6.45) is 8.53. The van der Waals surface area contributed by atoms with Gasteiger partial charge in [0.25, 0.3) is 0 Å². The van der Waals surface area contributed by atoms with E-state index in [4.69, 9.17) is 0 Å². The highest BCUT2D eigenvalue weighted by atomic mass is 79.9. The van der Waals surface area contributed by atoms with Crippen molar-refractivity contribution >= 4 is 15.9 Å². The van der Waals surface area contributed by atoms with E-state index in [0.717, 1.165) is 6.54 Å². The third kappa shape index (κ3) is 5.73. The van der Waals surface area contributed by atoms with E-state index in [-0.39, 0.29) is 0 Å². The first kappa shape index (κ1) is 17.5. The van der Waals surface area contributed by atoms with Crippen LogP contribution >= 0.6 is 15.9 Å². The molecule has 0 N–H and O–H groups in total. The first-order chi connectivity index (χ1) is 9.03. The fourth-order valence-electron chi connectivity index (χ4n) is 3.47. The molecule has 1 aliphatic rings. The molecule has 1 rings (SSSR count). The highest BCUT2D eigenvalue weighted by Crippen LogP contribution is 2.37. The van der Waals surface area contributed by atoms with Crippen LogP contribution in [0.1, 0.15) is 52.4 Å². The topological polar surface area (TPSA) is 6.48 Å². The second-order valence-corrected chi connectivity index (χ2v) is 7.28. The Bertz CT molecular complexity index is 235. The van der Waals surface area contributed by atoms with Gasteiger partial charge in [-0.15, -0.1) is 0 Å². The number of halogens is 1. The van der Waals surface area contributed by atoms with E-state index in [9.17, 15) is 0 Å². The molecule has 114 valence electrons. The minimum Gasteiger partial charge on any atom is -0.308 e. The van der Waals surface area contributed by atoms with Gasteiger partial charge in [-0.3, -0.25) is 4.90 Å².